The van der Waals surface area contributed by atoms with E-state index in [1.165, 1.54) is 0 Å². The lowest BCUT2D eigenvalue weighted by Gasteiger charge is -2.26. The van der Waals surface area contributed by atoms with Crippen molar-refractivity contribution in [2.45, 2.75) is 45.2 Å². The minimum absolute atomic E-state index is 0.186. The van der Waals surface area contributed by atoms with Gasteiger partial charge in [0.05, 0.1) is 17.8 Å². The number of carbonyl (C=O) groups is 1. The molecule has 110 valence electrons. The molecule has 1 fully saturated rings. The largest absolute Gasteiger partial charge is 0.337 e. The van der Waals surface area contributed by atoms with Crippen molar-refractivity contribution in [2.24, 2.45) is 0 Å². The molecule has 5 heteroatoms. The van der Waals surface area contributed by atoms with Gasteiger partial charge in [-0.25, -0.2) is 4.98 Å². The van der Waals surface area contributed by atoms with Crippen LogP contribution in [0.15, 0.2) is 29.8 Å². The van der Waals surface area contributed by atoms with Crippen LogP contribution in [0, 0.1) is 0 Å². The highest BCUT2D eigenvalue weighted by Crippen LogP contribution is 2.29. The van der Waals surface area contributed by atoms with Gasteiger partial charge in [0.1, 0.15) is 5.01 Å². The minimum atomic E-state index is 0.186. The lowest BCUT2D eigenvalue weighted by molar-refractivity contribution is -0.132. The van der Waals surface area contributed by atoms with Crippen molar-refractivity contribution in [1.82, 2.24) is 14.9 Å². The van der Waals surface area contributed by atoms with E-state index in [0.29, 0.717) is 12.5 Å². The molecule has 2 heterocycles. The first-order valence-corrected chi connectivity index (χ1v) is 8.20. The Morgan fingerprint density at radius 2 is 2.24 bits per heavy atom. The second-order valence-corrected chi connectivity index (χ2v) is 6.52. The Bertz CT molecular complexity index is 617. The van der Waals surface area contributed by atoms with Gasteiger partial charge in [0.25, 0.3) is 0 Å². The van der Waals surface area contributed by atoms with Crippen molar-refractivity contribution in [3.05, 3.63) is 35.5 Å². The molecule has 0 aromatic carbocycles. The molecule has 0 atom stereocenters. The van der Waals surface area contributed by atoms with Gasteiger partial charge in [0.15, 0.2) is 0 Å². The van der Waals surface area contributed by atoms with Gasteiger partial charge in [-0.3, -0.25) is 9.78 Å². The van der Waals surface area contributed by atoms with Crippen molar-refractivity contribution in [3.8, 4) is 10.7 Å². The van der Waals surface area contributed by atoms with E-state index in [2.05, 4.69) is 23.8 Å². The molecule has 0 N–H and O–H groups in total. The fraction of sp³-hybridized carbons (Fsp3) is 0.438. The van der Waals surface area contributed by atoms with Gasteiger partial charge in [-0.15, -0.1) is 11.3 Å². The number of hydrogen-bond acceptors (Lipinski definition) is 4. The SMILES string of the molecule is CC(C)N(C(=O)Cc1csc(-c2ccccn2)n1)C1CC1. The predicted octanol–water partition coefficient (Wildman–Crippen LogP) is 3.15. The molecule has 0 saturated heterocycles. The maximum absolute atomic E-state index is 12.5. The average Bonchev–Trinajstić information content (AvgIpc) is 3.17. The lowest BCUT2D eigenvalue weighted by Crippen LogP contribution is -2.39. The Morgan fingerprint density at radius 3 is 2.86 bits per heavy atom. The van der Waals surface area contributed by atoms with Crippen molar-refractivity contribution in [3.63, 3.8) is 0 Å². The van der Waals surface area contributed by atoms with Crippen LogP contribution in [-0.4, -0.2) is 32.9 Å². The maximum atomic E-state index is 12.5. The summed E-state index contributed by atoms with van der Waals surface area (Å²) >= 11 is 1.54. The quantitative estimate of drug-likeness (QED) is 0.852. The molecule has 0 spiro atoms. The fourth-order valence-electron chi connectivity index (χ4n) is 2.51. The van der Waals surface area contributed by atoms with Gasteiger partial charge in [0, 0.05) is 23.7 Å². The van der Waals surface area contributed by atoms with E-state index >= 15 is 0 Å². The highest BCUT2D eigenvalue weighted by molar-refractivity contribution is 7.13. The molecule has 2 aromatic rings. The molecule has 3 rings (SSSR count). The fourth-order valence-corrected chi connectivity index (χ4v) is 3.30. The van der Waals surface area contributed by atoms with E-state index in [-0.39, 0.29) is 11.9 Å². The number of amides is 1. The normalized spacial score (nSPS) is 14.4. The molecular formula is C16H19N3OS. The van der Waals surface area contributed by atoms with E-state index in [1.54, 1.807) is 17.5 Å². The van der Waals surface area contributed by atoms with Crippen molar-refractivity contribution < 1.29 is 4.79 Å². The summed E-state index contributed by atoms with van der Waals surface area (Å²) in [5.74, 6) is 0.186. The number of carbonyl (C=O) groups excluding carboxylic acids is 1. The molecule has 1 aliphatic carbocycles. The first-order valence-electron chi connectivity index (χ1n) is 7.32. The van der Waals surface area contributed by atoms with E-state index < -0.39 is 0 Å². The first kappa shape index (κ1) is 14.2. The minimum Gasteiger partial charge on any atom is -0.337 e. The summed E-state index contributed by atoms with van der Waals surface area (Å²) in [6.07, 6.45) is 4.42. The van der Waals surface area contributed by atoms with Gasteiger partial charge >= 0.3 is 0 Å². The molecular weight excluding hydrogens is 282 g/mol. The third-order valence-corrected chi connectivity index (χ3v) is 4.47. The molecule has 0 unspecified atom stereocenters. The zero-order valence-corrected chi connectivity index (χ0v) is 13.1. The van der Waals surface area contributed by atoms with Crippen LogP contribution in [0.2, 0.25) is 0 Å². The van der Waals surface area contributed by atoms with Gasteiger partial charge in [-0.05, 0) is 38.8 Å². The second-order valence-electron chi connectivity index (χ2n) is 5.66. The molecule has 0 radical (unpaired) electrons. The molecule has 2 aromatic heterocycles. The van der Waals surface area contributed by atoms with Crippen LogP contribution >= 0.6 is 11.3 Å². The molecule has 0 bridgehead atoms. The zero-order valence-electron chi connectivity index (χ0n) is 12.3. The Morgan fingerprint density at radius 1 is 1.43 bits per heavy atom. The summed E-state index contributed by atoms with van der Waals surface area (Å²) in [5.41, 5.74) is 1.71. The lowest BCUT2D eigenvalue weighted by atomic mass is 10.2. The molecule has 1 aliphatic rings. The molecule has 4 nitrogen and oxygen atoms in total. The number of aromatic nitrogens is 2. The van der Waals surface area contributed by atoms with Crippen LogP contribution in [-0.2, 0) is 11.2 Å². The summed E-state index contributed by atoms with van der Waals surface area (Å²) in [5, 5.41) is 2.84. The first-order chi connectivity index (χ1) is 10.1. The Hall–Kier alpha value is -1.75. The Labute approximate surface area is 128 Å². The molecule has 21 heavy (non-hydrogen) atoms. The van der Waals surface area contributed by atoms with E-state index in [0.717, 1.165) is 29.2 Å². The van der Waals surface area contributed by atoms with Crippen molar-refractivity contribution in [2.75, 3.05) is 0 Å². The van der Waals surface area contributed by atoms with Crippen LogP contribution in [0.25, 0.3) is 10.7 Å². The molecule has 0 aliphatic heterocycles. The number of nitrogens with zero attached hydrogens (tertiary/aromatic N) is 3. The number of hydrogen-bond donors (Lipinski definition) is 0. The number of thiazole rings is 1. The van der Waals surface area contributed by atoms with E-state index in [1.807, 2.05) is 28.5 Å². The zero-order chi connectivity index (χ0) is 14.8. The topological polar surface area (TPSA) is 46.1 Å². The van der Waals surface area contributed by atoms with Crippen LogP contribution in [0.1, 0.15) is 32.4 Å². The Balaban J connectivity index is 1.71. The highest BCUT2D eigenvalue weighted by atomic mass is 32.1. The predicted molar refractivity (Wildman–Crippen MR) is 84.1 cm³/mol. The van der Waals surface area contributed by atoms with Crippen LogP contribution in [0.4, 0.5) is 0 Å². The van der Waals surface area contributed by atoms with Gasteiger partial charge in [0.2, 0.25) is 5.91 Å². The summed E-state index contributed by atoms with van der Waals surface area (Å²) in [6, 6.07) is 6.49. The number of rotatable bonds is 5. The third kappa shape index (κ3) is 3.29. The van der Waals surface area contributed by atoms with Crippen LogP contribution < -0.4 is 0 Å². The molecule has 1 amide bonds. The maximum Gasteiger partial charge on any atom is 0.229 e. The summed E-state index contributed by atoms with van der Waals surface area (Å²) in [7, 11) is 0. The molecule has 1 saturated carbocycles. The van der Waals surface area contributed by atoms with Crippen LogP contribution in [0.3, 0.4) is 0 Å². The van der Waals surface area contributed by atoms with Gasteiger partial charge < -0.3 is 4.90 Å². The summed E-state index contributed by atoms with van der Waals surface area (Å²) in [6.45, 7) is 4.16. The van der Waals surface area contributed by atoms with Gasteiger partial charge in [-0.1, -0.05) is 6.07 Å². The van der Waals surface area contributed by atoms with Crippen molar-refractivity contribution >= 4 is 17.2 Å². The van der Waals surface area contributed by atoms with Crippen LogP contribution in [0.5, 0.6) is 0 Å². The summed E-state index contributed by atoms with van der Waals surface area (Å²) in [4.78, 5) is 23.3. The van der Waals surface area contributed by atoms with E-state index in [4.69, 9.17) is 0 Å². The monoisotopic (exact) mass is 301 g/mol. The smallest absolute Gasteiger partial charge is 0.229 e. The van der Waals surface area contributed by atoms with Crippen molar-refractivity contribution in [1.29, 1.82) is 0 Å². The highest BCUT2D eigenvalue weighted by Gasteiger charge is 2.34. The summed E-state index contributed by atoms with van der Waals surface area (Å²) < 4.78 is 0. The number of pyridine rings is 1. The van der Waals surface area contributed by atoms with E-state index in [9.17, 15) is 4.79 Å². The average molecular weight is 301 g/mol. The second kappa shape index (κ2) is 5.93. The third-order valence-electron chi connectivity index (χ3n) is 3.55. The Kier molecular flexibility index (Phi) is 4.01. The van der Waals surface area contributed by atoms with Gasteiger partial charge in [-0.2, -0.15) is 0 Å². The standard InChI is InChI=1S/C16H19N3OS/c1-11(2)19(13-6-7-13)15(20)9-12-10-21-16(18-12)14-5-3-4-8-17-14/h3-5,8,10-11,13H,6-7,9H2,1-2H3.